The Kier molecular flexibility index (Phi) is 8.17. The molecule has 0 unspecified atom stereocenters. The Bertz CT molecular complexity index is 1260. The van der Waals surface area contributed by atoms with E-state index >= 15 is 0 Å². The van der Waals surface area contributed by atoms with Gasteiger partial charge in [-0.1, -0.05) is 32.0 Å². The first-order valence-electron chi connectivity index (χ1n) is 11.7. The van der Waals surface area contributed by atoms with Gasteiger partial charge in [-0.15, -0.1) is 0 Å². The predicted octanol–water partition coefficient (Wildman–Crippen LogP) is 4.15. The molecule has 184 valence electrons. The molecule has 0 saturated heterocycles. The fourth-order valence-electron chi connectivity index (χ4n) is 4.19. The predicted molar refractivity (Wildman–Crippen MR) is 134 cm³/mol. The van der Waals surface area contributed by atoms with Gasteiger partial charge >= 0.3 is 5.97 Å². The highest BCUT2D eigenvalue weighted by atomic mass is 16.4. The van der Waals surface area contributed by atoms with Crippen molar-refractivity contribution in [2.75, 3.05) is 0 Å². The third-order valence-electron chi connectivity index (χ3n) is 5.86. The first-order valence-corrected chi connectivity index (χ1v) is 11.7. The number of nitrogens with zero attached hydrogens (tertiary/aromatic N) is 3. The Balaban J connectivity index is 1.98. The second-order valence-electron chi connectivity index (χ2n) is 9.32. The van der Waals surface area contributed by atoms with Crippen LogP contribution in [0.5, 0.6) is 0 Å². The zero-order chi connectivity index (χ0) is 25.7. The molecule has 0 fully saturated rings. The molecular weight excluding hydrogens is 444 g/mol. The summed E-state index contributed by atoms with van der Waals surface area (Å²) in [5.74, 6) is -1.21. The molecule has 8 heteroatoms. The first-order chi connectivity index (χ1) is 16.6. The largest absolute Gasteiger partial charge is 0.481 e. The second kappa shape index (κ2) is 11.1. The highest BCUT2D eigenvalue weighted by Gasteiger charge is 2.28. The summed E-state index contributed by atoms with van der Waals surface area (Å²) in [7, 11) is 0. The number of pyridine rings is 1. The van der Waals surface area contributed by atoms with Gasteiger partial charge < -0.3 is 15.0 Å². The average Bonchev–Trinajstić information content (AvgIpc) is 2.77. The molecule has 1 aromatic carbocycles. The zero-order valence-corrected chi connectivity index (χ0v) is 20.8. The van der Waals surface area contributed by atoms with Crippen LogP contribution in [-0.4, -0.2) is 31.5 Å². The topological polar surface area (TPSA) is 114 Å². The van der Waals surface area contributed by atoms with Crippen LogP contribution in [0.25, 0.3) is 11.3 Å². The molecule has 0 aliphatic heterocycles. The number of benzene rings is 1. The fraction of sp³-hybridized carbons (Fsp3) is 0.370. The standard InChI is InChI=1S/C27H32N4O4/c1-16(2)13-22(31-12-10-17(3)14-23(31)32)27(35)30-21(15-24(33)34)26-28-11-9-20(29-26)25-18(4)7-6-8-19(25)5/h6-12,14,16,21-22H,13,15H2,1-5H3,(H,30,35)(H,33,34)/t21-,22+/m1/s1. The fourth-order valence-corrected chi connectivity index (χ4v) is 4.19. The van der Waals surface area contributed by atoms with Crippen LogP contribution in [0.2, 0.25) is 0 Å². The molecule has 3 aromatic rings. The number of aryl methyl sites for hydroxylation is 3. The Hall–Kier alpha value is -3.81. The Morgan fingerprint density at radius 1 is 1.09 bits per heavy atom. The molecule has 0 radical (unpaired) electrons. The number of carboxylic acid groups (broad SMARTS) is 1. The van der Waals surface area contributed by atoms with Crippen molar-refractivity contribution < 1.29 is 14.7 Å². The molecule has 0 aliphatic carbocycles. The van der Waals surface area contributed by atoms with E-state index in [4.69, 9.17) is 0 Å². The van der Waals surface area contributed by atoms with Crippen LogP contribution < -0.4 is 10.9 Å². The monoisotopic (exact) mass is 476 g/mol. The van der Waals surface area contributed by atoms with Crippen molar-refractivity contribution in [3.8, 4) is 11.3 Å². The summed E-state index contributed by atoms with van der Waals surface area (Å²) in [5, 5.41) is 12.4. The highest BCUT2D eigenvalue weighted by Crippen LogP contribution is 2.27. The van der Waals surface area contributed by atoms with Crippen LogP contribution >= 0.6 is 0 Å². The number of carbonyl (C=O) groups excluding carboxylic acids is 1. The van der Waals surface area contributed by atoms with E-state index in [9.17, 15) is 19.5 Å². The van der Waals surface area contributed by atoms with E-state index in [1.165, 1.54) is 10.6 Å². The molecule has 0 spiro atoms. The summed E-state index contributed by atoms with van der Waals surface area (Å²) in [6.45, 7) is 9.70. The lowest BCUT2D eigenvalue weighted by Crippen LogP contribution is -2.40. The zero-order valence-electron chi connectivity index (χ0n) is 20.8. The van der Waals surface area contributed by atoms with Gasteiger partial charge in [0.25, 0.3) is 5.56 Å². The second-order valence-corrected chi connectivity index (χ2v) is 9.32. The number of hydrogen-bond acceptors (Lipinski definition) is 5. The quantitative estimate of drug-likeness (QED) is 0.480. The number of aromatic nitrogens is 3. The van der Waals surface area contributed by atoms with E-state index < -0.39 is 24.0 Å². The van der Waals surface area contributed by atoms with Crippen LogP contribution in [0.4, 0.5) is 0 Å². The minimum atomic E-state index is -1.09. The molecule has 1 amide bonds. The van der Waals surface area contributed by atoms with Gasteiger partial charge in [-0.2, -0.15) is 0 Å². The SMILES string of the molecule is Cc1ccn([C@@H](CC(C)C)C(=O)N[C@H](CC(=O)O)c2nccc(-c3c(C)cccc3C)n2)c(=O)c1. The van der Waals surface area contributed by atoms with Crippen molar-refractivity contribution in [3.63, 3.8) is 0 Å². The molecule has 8 nitrogen and oxygen atoms in total. The van der Waals surface area contributed by atoms with E-state index in [1.807, 2.05) is 52.8 Å². The lowest BCUT2D eigenvalue weighted by Gasteiger charge is -2.24. The number of carboxylic acids is 1. The van der Waals surface area contributed by atoms with Crippen LogP contribution in [0, 0.1) is 26.7 Å². The summed E-state index contributed by atoms with van der Waals surface area (Å²) in [4.78, 5) is 46.7. The smallest absolute Gasteiger partial charge is 0.305 e. The molecule has 0 saturated carbocycles. The number of aliphatic carboxylic acids is 1. The molecule has 3 rings (SSSR count). The van der Waals surface area contributed by atoms with E-state index in [-0.39, 0.29) is 23.7 Å². The van der Waals surface area contributed by atoms with Crippen LogP contribution in [0.1, 0.15) is 61.3 Å². The third kappa shape index (κ3) is 6.41. The molecule has 0 bridgehead atoms. The number of amides is 1. The molecule has 0 aliphatic rings. The van der Waals surface area contributed by atoms with Crippen molar-refractivity contribution >= 4 is 11.9 Å². The van der Waals surface area contributed by atoms with E-state index in [0.29, 0.717) is 12.1 Å². The van der Waals surface area contributed by atoms with Gasteiger partial charge in [0, 0.05) is 24.0 Å². The lowest BCUT2D eigenvalue weighted by atomic mass is 9.99. The van der Waals surface area contributed by atoms with Gasteiger partial charge in [0.1, 0.15) is 6.04 Å². The van der Waals surface area contributed by atoms with Crippen molar-refractivity contribution in [1.82, 2.24) is 19.9 Å². The minimum Gasteiger partial charge on any atom is -0.481 e. The van der Waals surface area contributed by atoms with Crippen molar-refractivity contribution in [1.29, 1.82) is 0 Å². The number of carbonyl (C=O) groups is 2. The van der Waals surface area contributed by atoms with E-state index in [2.05, 4.69) is 15.3 Å². The maximum Gasteiger partial charge on any atom is 0.305 e. The molecule has 2 N–H and O–H groups in total. The summed E-state index contributed by atoms with van der Waals surface area (Å²) >= 11 is 0. The minimum absolute atomic E-state index is 0.125. The molecule has 35 heavy (non-hydrogen) atoms. The molecule has 2 aromatic heterocycles. The summed E-state index contributed by atoms with van der Waals surface area (Å²) in [5.41, 5.74) is 4.18. The van der Waals surface area contributed by atoms with Crippen molar-refractivity contribution in [3.05, 3.63) is 81.7 Å². The number of nitrogens with one attached hydrogen (secondary N) is 1. The lowest BCUT2D eigenvalue weighted by molar-refractivity contribution is -0.138. The maximum absolute atomic E-state index is 13.4. The van der Waals surface area contributed by atoms with Gasteiger partial charge in [0.15, 0.2) is 5.82 Å². The molecule has 2 heterocycles. The average molecular weight is 477 g/mol. The first kappa shape index (κ1) is 25.8. The summed E-state index contributed by atoms with van der Waals surface area (Å²) in [6, 6.07) is 9.20. The van der Waals surface area contributed by atoms with Gasteiger partial charge in [-0.25, -0.2) is 9.97 Å². The van der Waals surface area contributed by atoms with Gasteiger partial charge in [0.05, 0.1) is 18.2 Å². The Labute approximate surface area is 205 Å². The van der Waals surface area contributed by atoms with Crippen molar-refractivity contribution in [2.45, 2.75) is 59.5 Å². The number of hydrogen-bond donors (Lipinski definition) is 2. The van der Waals surface area contributed by atoms with Gasteiger partial charge in [-0.05, 0) is 61.9 Å². The third-order valence-corrected chi connectivity index (χ3v) is 5.86. The van der Waals surface area contributed by atoms with Crippen LogP contribution in [0.3, 0.4) is 0 Å². The van der Waals surface area contributed by atoms with E-state index in [0.717, 1.165) is 22.3 Å². The van der Waals surface area contributed by atoms with Gasteiger partial charge in [-0.3, -0.25) is 14.4 Å². The Morgan fingerprint density at radius 2 is 1.77 bits per heavy atom. The van der Waals surface area contributed by atoms with Gasteiger partial charge in [0.2, 0.25) is 5.91 Å². The summed E-state index contributed by atoms with van der Waals surface area (Å²) < 4.78 is 1.40. The van der Waals surface area contributed by atoms with E-state index in [1.54, 1.807) is 24.5 Å². The summed E-state index contributed by atoms with van der Waals surface area (Å²) in [6.07, 6.45) is 3.20. The maximum atomic E-state index is 13.4. The molecular formula is C27H32N4O4. The highest BCUT2D eigenvalue weighted by molar-refractivity contribution is 5.81. The number of rotatable bonds is 9. The van der Waals surface area contributed by atoms with Crippen LogP contribution in [0.15, 0.2) is 53.6 Å². The van der Waals surface area contributed by atoms with Crippen LogP contribution in [-0.2, 0) is 9.59 Å². The van der Waals surface area contributed by atoms with Crippen molar-refractivity contribution in [2.24, 2.45) is 5.92 Å². The Morgan fingerprint density at radius 3 is 2.37 bits per heavy atom. The normalized spacial score (nSPS) is 12.9. The molecule has 2 atom stereocenters.